The number of carbonyl (C=O) groups is 2. The second-order valence-corrected chi connectivity index (χ2v) is 6.18. The molecule has 6 nitrogen and oxygen atoms in total. The molecule has 2 amide bonds. The van der Waals surface area contributed by atoms with E-state index in [1.807, 2.05) is 38.1 Å². The molecule has 6 heteroatoms. The number of aromatic nitrogens is 1. The van der Waals surface area contributed by atoms with E-state index >= 15 is 0 Å². The number of carbonyl (C=O) groups excluding carboxylic acids is 2. The minimum atomic E-state index is -0.445. The molecule has 1 saturated heterocycles. The summed E-state index contributed by atoms with van der Waals surface area (Å²) in [6, 6.07) is 9.61. The van der Waals surface area contributed by atoms with Gasteiger partial charge in [-0.25, -0.2) is 4.79 Å². The van der Waals surface area contributed by atoms with Gasteiger partial charge in [-0.3, -0.25) is 14.7 Å². The van der Waals surface area contributed by atoms with Gasteiger partial charge in [0.15, 0.2) is 0 Å². The third-order valence-electron chi connectivity index (χ3n) is 4.25. The highest BCUT2D eigenvalue weighted by Gasteiger charge is 2.26. The molecular weight excluding hydrogens is 318 g/mol. The van der Waals surface area contributed by atoms with Crippen LogP contribution in [-0.4, -0.2) is 41.6 Å². The van der Waals surface area contributed by atoms with E-state index in [2.05, 4.69) is 16.4 Å². The molecule has 130 valence electrons. The van der Waals surface area contributed by atoms with Gasteiger partial charge in [-0.2, -0.15) is 0 Å². The Morgan fingerprint density at radius 3 is 2.88 bits per heavy atom. The Morgan fingerprint density at radius 1 is 1.36 bits per heavy atom. The Balaban J connectivity index is 1.85. The van der Waals surface area contributed by atoms with Crippen LogP contribution in [-0.2, 0) is 9.53 Å². The number of hydrogen-bond donors (Lipinski definition) is 1. The lowest BCUT2D eigenvalue weighted by Gasteiger charge is -2.23. The van der Waals surface area contributed by atoms with Gasteiger partial charge in [-0.05, 0) is 36.6 Å². The molecule has 1 aliphatic rings. The summed E-state index contributed by atoms with van der Waals surface area (Å²) in [5.41, 5.74) is 4.12. The summed E-state index contributed by atoms with van der Waals surface area (Å²) in [5.74, 6) is -0.228. The molecule has 25 heavy (non-hydrogen) atoms. The zero-order chi connectivity index (χ0) is 17.8. The molecule has 1 aliphatic heterocycles. The van der Waals surface area contributed by atoms with Gasteiger partial charge in [0.2, 0.25) is 5.91 Å². The average molecular weight is 339 g/mol. The van der Waals surface area contributed by atoms with E-state index in [4.69, 9.17) is 4.74 Å². The topological polar surface area (TPSA) is 71.5 Å². The predicted molar refractivity (Wildman–Crippen MR) is 93.1 cm³/mol. The quantitative estimate of drug-likeness (QED) is 0.908. The van der Waals surface area contributed by atoms with E-state index in [9.17, 15) is 9.59 Å². The first-order valence-electron chi connectivity index (χ1n) is 8.23. The van der Waals surface area contributed by atoms with Crippen LogP contribution in [0, 0.1) is 13.8 Å². The zero-order valence-electron chi connectivity index (χ0n) is 14.4. The number of cyclic esters (lactones) is 1. The first kappa shape index (κ1) is 17.0. The first-order chi connectivity index (χ1) is 12.0. The summed E-state index contributed by atoms with van der Waals surface area (Å²) >= 11 is 0. The Hall–Kier alpha value is -2.89. The number of nitrogens with one attached hydrogen (secondary N) is 1. The number of aryl methyl sites for hydroxylation is 2. The molecule has 0 saturated carbocycles. The van der Waals surface area contributed by atoms with Gasteiger partial charge >= 0.3 is 6.09 Å². The van der Waals surface area contributed by atoms with Crippen LogP contribution in [0.5, 0.6) is 0 Å². The fourth-order valence-corrected chi connectivity index (χ4v) is 2.91. The van der Waals surface area contributed by atoms with Crippen molar-refractivity contribution >= 4 is 12.0 Å². The molecule has 1 aromatic heterocycles. The lowest BCUT2D eigenvalue weighted by Crippen LogP contribution is -2.39. The van der Waals surface area contributed by atoms with Gasteiger partial charge in [0.05, 0.1) is 12.6 Å². The molecule has 1 atom stereocenters. The third kappa shape index (κ3) is 3.96. The summed E-state index contributed by atoms with van der Waals surface area (Å²) < 4.78 is 4.87. The van der Waals surface area contributed by atoms with Gasteiger partial charge in [0, 0.05) is 12.4 Å². The molecule has 1 unspecified atom stereocenters. The van der Waals surface area contributed by atoms with Crippen LogP contribution in [0.1, 0.15) is 28.3 Å². The van der Waals surface area contributed by atoms with Crippen molar-refractivity contribution in [3.8, 4) is 0 Å². The second kappa shape index (κ2) is 7.34. The van der Waals surface area contributed by atoms with Crippen LogP contribution in [0.3, 0.4) is 0 Å². The van der Waals surface area contributed by atoms with E-state index in [0.717, 1.165) is 22.3 Å². The Labute approximate surface area is 146 Å². The van der Waals surface area contributed by atoms with E-state index in [1.54, 1.807) is 12.4 Å². The fourth-order valence-electron chi connectivity index (χ4n) is 2.91. The molecule has 0 bridgehead atoms. The van der Waals surface area contributed by atoms with Crippen molar-refractivity contribution in [3.05, 3.63) is 65.0 Å². The highest BCUT2D eigenvalue weighted by Crippen LogP contribution is 2.25. The molecule has 1 aromatic carbocycles. The number of amides is 2. The Bertz CT molecular complexity index is 777. The van der Waals surface area contributed by atoms with Gasteiger partial charge in [-0.1, -0.05) is 29.8 Å². The summed E-state index contributed by atoms with van der Waals surface area (Å²) in [6.07, 6.45) is 3.00. The summed E-state index contributed by atoms with van der Waals surface area (Å²) in [7, 11) is 0. The monoisotopic (exact) mass is 339 g/mol. The summed E-state index contributed by atoms with van der Waals surface area (Å²) in [5, 5.41) is 3.04. The third-order valence-corrected chi connectivity index (χ3v) is 4.25. The molecule has 1 fully saturated rings. The fraction of sp³-hybridized carbons (Fsp3) is 0.316. The zero-order valence-corrected chi connectivity index (χ0v) is 14.4. The Morgan fingerprint density at radius 2 is 2.20 bits per heavy atom. The molecular formula is C19H21N3O3. The van der Waals surface area contributed by atoms with Crippen molar-refractivity contribution in [1.29, 1.82) is 0 Å². The number of pyridine rings is 1. The second-order valence-electron chi connectivity index (χ2n) is 6.18. The maximum atomic E-state index is 12.5. The number of benzene rings is 1. The average Bonchev–Trinajstić information content (AvgIpc) is 3.01. The van der Waals surface area contributed by atoms with Crippen molar-refractivity contribution in [2.75, 3.05) is 19.7 Å². The van der Waals surface area contributed by atoms with E-state index < -0.39 is 6.09 Å². The van der Waals surface area contributed by atoms with Crippen LogP contribution in [0.15, 0.2) is 42.7 Å². The minimum Gasteiger partial charge on any atom is -0.448 e. The smallest absolute Gasteiger partial charge is 0.410 e. The van der Waals surface area contributed by atoms with Gasteiger partial charge < -0.3 is 10.1 Å². The van der Waals surface area contributed by atoms with Gasteiger partial charge in [0.25, 0.3) is 0 Å². The highest BCUT2D eigenvalue weighted by molar-refractivity contribution is 5.83. The molecule has 2 heterocycles. The van der Waals surface area contributed by atoms with Crippen molar-refractivity contribution in [1.82, 2.24) is 15.2 Å². The van der Waals surface area contributed by atoms with Crippen LogP contribution >= 0.6 is 0 Å². The van der Waals surface area contributed by atoms with Crippen molar-refractivity contribution in [2.24, 2.45) is 0 Å². The van der Waals surface area contributed by atoms with Crippen molar-refractivity contribution in [3.63, 3.8) is 0 Å². The highest BCUT2D eigenvalue weighted by atomic mass is 16.6. The molecule has 0 radical (unpaired) electrons. The van der Waals surface area contributed by atoms with E-state index in [1.165, 1.54) is 4.90 Å². The van der Waals surface area contributed by atoms with E-state index in [0.29, 0.717) is 13.2 Å². The van der Waals surface area contributed by atoms with Crippen molar-refractivity contribution < 1.29 is 14.3 Å². The van der Waals surface area contributed by atoms with Gasteiger partial charge in [-0.15, -0.1) is 0 Å². The lowest BCUT2D eigenvalue weighted by atomic mass is 9.94. The van der Waals surface area contributed by atoms with Crippen molar-refractivity contribution in [2.45, 2.75) is 19.9 Å². The largest absolute Gasteiger partial charge is 0.448 e. The van der Waals surface area contributed by atoms with Crippen LogP contribution in [0.4, 0.5) is 4.79 Å². The van der Waals surface area contributed by atoms with Crippen LogP contribution in [0.25, 0.3) is 0 Å². The maximum Gasteiger partial charge on any atom is 0.410 e. The number of ether oxygens (including phenoxy) is 1. The van der Waals surface area contributed by atoms with Crippen LogP contribution in [0.2, 0.25) is 0 Å². The number of rotatable bonds is 5. The molecule has 1 N–H and O–H groups in total. The molecule has 3 rings (SSSR count). The standard InChI is InChI=1S/C19H21N3O3/c1-13-5-6-14(2)16(10-13)18(15-4-3-7-20-11-15)21-17(23)12-22-8-9-25-19(22)24/h3-7,10-11,18H,8-9,12H2,1-2H3,(H,21,23). The molecule has 0 spiro atoms. The Kier molecular flexibility index (Phi) is 4.97. The lowest BCUT2D eigenvalue weighted by molar-refractivity contribution is -0.122. The minimum absolute atomic E-state index is 0.0134. The first-order valence-corrected chi connectivity index (χ1v) is 8.23. The summed E-state index contributed by atoms with van der Waals surface area (Å²) in [4.78, 5) is 29.6. The molecule has 2 aromatic rings. The normalized spacial score (nSPS) is 15.0. The predicted octanol–water partition coefficient (Wildman–Crippen LogP) is 2.36. The van der Waals surface area contributed by atoms with E-state index in [-0.39, 0.29) is 18.5 Å². The summed E-state index contributed by atoms with van der Waals surface area (Å²) in [6.45, 7) is 4.79. The van der Waals surface area contributed by atoms with Crippen LogP contribution < -0.4 is 5.32 Å². The maximum absolute atomic E-state index is 12.5. The number of hydrogen-bond acceptors (Lipinski definition) is 4. The van der Waals surface area contributed by atoms with Gasteiger partial charge in [0.1, 0.15) is 13.2 Å². The SMILES string of the molecule is Cc1ccc(C)c(C(NC(=O)CN2CCOC2=O)c2cccnc2)c1. The number of nitrogens with zero attached hydrogens (tertiary/aromatic N) is 2. The molecule has 0 aliphatic carbocycles.